The van der Waals surface area contributed by atoms with Crippen LogP contribution in [0.1, 0.15) is 5.76 Å². The van der Waals surface area contributed by atoms with Crippen LogP contribution in [-0.4, -0.2) is 4.57 Å². The predicted octanol–water partition coefficient (Wildman–Crippen LogP) is 4.66. The van der Waals surface area contributed by atoms with Crippen molar-refractivity contribution >= 4 is 6.08 Å². The third-order valence-electron chi connectivity index (χ3n) is 3.25. The fraction of sp³-hybridized carbons (Fsp3) is 0. The van der Waals surface area contributed by atoms with Gasteiger partial charge in [-0.25, -0.2) is 14.5 Å². The zero-order valence-electron chi connectivity index (χ0n) is 11.9. The summed E-state index contributed by atoms with van der Waals surface area (Å²) in [4.78, 5) is 3.09. The van der Waals surface area contributed by atoms with E-state index in [4.69, 9.17) is 16.3 Å². The van der Waals surface area contributed by atoms with Gasteiger partial charge in [0.15, 0.2) is 5.76 Å². The number of nitrogens with zero attached hydrogens (tertiary/aromatic N) is 3. The van der Waals surface area contributed by atoms with Crippen LogP contribution in [0.15, 0.2) is 64.8 Å². The highest BCUT2D eigenvalue weighted by atomic mass is 19.1. The number of benzene rings is 1. The number of halogens is 1. The summed E-state index contributed by atoms with van der Waals surface area (Å²) >= 11 is 0. The van der Waals surface area contributed by atoms with Crippen LogP contribution in [0.3, 0.4) is 0 Å². The van der Waals surface area contributed by atoms with Gasteiger partial charge in [-0.05, 0) is 42.5 Å². The molecular weight excluding hydrogens is 293 g/mol. The summed E-state index contributed by atoms with van der Waals surface area (Å²) in [5.41, 5.74) is 1.03. The average molecular weight is 303 g/mol. The number of para-hydroxylation sites is 1. The molecular formula is C18H10FN3O. The Bertz CT molecular complexity index is 951. The summed E-state index contributed by atoms with van der Waals surface area (Å²) in [6.07, 6.45) is 3.11. The number of hydrogen-bond acceptors (Lipinski definition) is 2. The van der Waals surface area contributed by atoms with E-state index in [1.54, 1.807) is 59.3 Å². The summed E-state index contributed by atoms with van der Waals surface area (Å²) in [5, 5.41) is 8.78. The average Bonchev–Trinajstić information content (AvgIpc) is 3.22. The molecule has 0 amide bonds. The van der Waals surface area contributed by atoms with E-state index in [1.165, 1.54) is 12.1 Å². The Kier molecular flexibility index (Phi) is 3.78. The zero-order chi connectivity index (χ0) is 16.2. The van der Waals surface area contributed by atoms with Crippen LogP contribution in [0.4, 0.5) is 4.39 Å². The van der Waals surface area contributed by atoms with Gasteiger partial charge in [-0.2, -0.15) is 0 Å². The molecule has 0 atom stereocenters. The minimum Gasteiger partial charge on any atom is -0.456 e. The van der Waals surface area contributed by atoms with Crippen molar-refractivity contribution in [1.29, 1.82) is 5.26 Å². The van der Waals surface area contributed by atoms with E-state index in [1.807, 2.05) is 0 Å². The second kappa shape index (κ2) is 6.05. The predicted molar refractivity (Wildman–Crippen MR) is 83.6 cm³/mol. The van der Waals surface area contributed by atoms with Crippen LogP contribution in [0, 0.1) is 23.7 Å². The summed E-state index contributed by atoms with van der Waals surface area (Å²) in [6.45, 7) is 6.87. The van der Waals surface area contributed by atoms with Gasteiger partial charge in [-0.3, -0.25) is 0 Å². The lowest BCUT2D eigenvalue weighted by Gasteiger charge is -2.08. The molecule has 110 valence electrons. The van der Waals surface area contributed by atoms with Gasteiger partial charge >= 0.3 is 0 Å². The normalized spacial score (nSPS) is 11.0. The van der Waals surface area contributed by atoms with Crippen molar-refractivity contribution < 1.29 is 8.81 Å². The van der Waals surface area contributed by atoms with E-state index in [9.17, 15) is 4.39 Å². The highest BCUT2D eigenvalue weighted by molar-refractivity contribution is 5.62. The maximum absolute atomic E-state index is 14.0. The topological polar surface area (TPSA) is 46.2 Å². The second-order valence-electron chi connectivity index (χ2n) is 4.67. The Morgan fingerprint density at radius 1 is 1.22 bits per heavy atom. The molecule has 0 saturated carbocycles. The van der Waals surface area contributed by atoms with Crippen molar-refractivity contribution in [1.82, 2.24) is 4.57 Å². The van der Waals surface area contributed by atoms with Crippen molar-refractivity contribution in [2.24, 2.45) is 0 Å². The molecule has 0 spiro atoms. The molecule has 0 unspecified atom stereocenters. The largest absolute Gasteiger partial charge is 0.456 e. The summed E-state index contributed by atoms with van der Waals surface area (Å²) in [5.74, 6) is 0.581. The van der Waals surface area contributed by atoms with Crippen LogP contribution in [0.2, 0.25) is 0 Å². The van der Waals surface area contributed by atoms with Crippen molar-refractivity contribution in [3.8, 4) is 23.2 Å². The minimum absolute atomic E-state index is 0.0598. The number of furan rings is 1. The SMILES string of the molecule is [C-]#[N+]/C(C#N)=C\c1ccc(-c2cccn2-c2ccccc2F)o1. The molecule has 3 rings (SSSR count). The van der Waals surface area contributed by atoms with Crippen molar-refractivity contribution in [3.63, 3.8) is 0 Å². The van der Waals surface area contributed by atoms with Crippen molar-refractivity contribution in [2.45, 2.75) is 0 Å². The Morgan fingerprint density at radius 2 is 2.04 bits per heavy atom. The molecule has 0 aliphatic carbocycles. The molecule has 0 bridgehead atoms. The smallest absolute Gasteiger partial charge is 0.265 e. The second-order valence-corrected chi connectivity index (χ2v) is 4.67. The molecule has 23 heavy (non-hydrogen) atoms. The van der Waals surface area contributed by atoms with E-state index in [0.717, 1.165) is 0 Å². The van der Waals surface area contributed by atoms with Gasteiger partial charge in [0.2, 0.25) is 0 Å². The Hall–Kier alpha value is -3.57. The highest BCUT2D eigenvalue weighted by Gasteiger charge is 2.12. The Balaban J connectivity index is 2.03. The first-order valence-electron chi connectivity index (χ1n) is 6.74. The molecule has 0 N–H and O–H groups in total. The minimum atomic E-state index is -0.337. The van der Waals surface area contributed by atoms with Gasteiger partial charge in [-0.1, -0.05) is 12.1 Å². The zero-order valence-corrected chi connectivity index (χ0v) is 11.9. The van der Waals surface area contributed by atoms with Gasteiger partial charge in [0.1, 0.15) is 11.6 Å². The molecule has 0 aliphatic rings. The van der Waals surface area contributed by atoms with E-state index >= 15 is 0 Å². The fourth-order valence-electron chi connectivity index (χ4n) is 2.23. The number of allylic oxidation sites excluding steroid dienone is 1. The molecule has 2 heterocycles. The molecule has 2 aromatic heterocycles. The first-order chi connectivity index (χ1) is 11.2. The molecule has 0 saturated heterocycles. The molecule has 1 aromatic carbocycles. The van der Waals surface area contributed by atoms with Crippen LogP contribution in [0.25, 0.3) is 28.1 Å². The van der Waals surface area contributed by atoms with Gasteiger partial charge in [-0.15, -0.1) is 0 Å². The lowest BCUT2D eigenvalue weighted by atomic mass is 10.2. The summed E-state index contributed by atoms with van der Waals surface area (Å²) in [6, 6.07) is 15.2. The van der Waals surface area contributed by atoms with E-state index in [0.29, 0.717) is 22.9 Å². The lowest BCUT2D eigenvalue weighted by molar-refractivity contribution is 0.566. The van der Waals surface area contributed by atoms with E-state index in [2.05, 4.69) is 4.85 Å². The summed E-state index contributed by atoms with van der Waals surface area (Å²) < 4.78 is 21.3. The third kappa shape index (κ3) is 2.76. The first kappa shape index (κ1) is 14.4. The lowest BCUT2D eigenvalue weighted by Crippen LogP contribution is -1.97. The number of hydrogen-bond donors (Lipinski definition) is 0. The number of nitriles is 1. The van der Waals surface area contributed by atoms with Gasteiger partial charge in [0.05, 0.1) is 24.0 Å². The molecule has 3 aromatic rings. The monoisotopic (exact) mass is 303 g/mol. The Labute approximate surface area is 132 Å². The van der Waals surface area contributed by atoms with E-state index < -0.39 is 0 Å². The van der Waals surface area contributed by atoms with Crippen LogP contribution in [0.5, 0.6) is 0 Å². The fourth-order valence-corrected chi connectivity index (χ4v) is 2.23. The molecule has 0 aliphatic heterocycles. The van der Waals surface area contributed by atoms with Gasteiger partial charge in [0.25, 0.3) is 5.70 Å². The van der Waals surface area contributed by atoms with Crippen LogP contribution >= 0.6 is 0 Å². The molecule has 5 heteroatoms. The molecule has 0 radical (unpaired) electrons. The third-order valence-corrected chi connectivity index (χ3v) is 3.25. The first-order valence-corrected chi connectivity index (χ1v) is 6.74. The quantitative estimate of drug-likeness (QED) is 0.522. The van der Waals surface area contributed by atoms with Crippen LogP contribution < -0.4 is 0 Å². The van der Waals surface area contributed by atoms with E-state index in [-0.39, 0.29) is 11.5 Å². The Morgan fingerprint density at radius 3 is 2.78 bits per heavy atom. The molecule has 4 nitrogen and oxygen atoms in total. The van der Waals surface area contributed by atoms with Crippen molar-refractivity contribution in [2.75, 3.05) is 0 Å². The van der Waals surface area contributed by atoms with Crippen LogP contribution in [-0.2, 0) is 0 Å². The summed E-state index contributed by atoms with van der Waals surface area (Å²) in [7, 11) is 0. The van der Waals surface area contributed by atoms with Gasteiger partial charge < -0.3 is 8.98 Å². The molecule has 0 fully saturated rings. The number of aromatic nitrogens is 1. The number of rotatable bonds is 3. The van der Waals surface area contributed by atoms with Crippen molar-refractivity contribution in [3.05, 3.63) is 83.4 Å². The van der Waals surface area contributed by atoms with Gasteiger partial charge in [0, 0.05) is 6.20 Å². The maximum Gasteiger partial charge on any atom is 0.265 e. The standard InChI is InChI=1S/C18H10FN3O/c1-21-13(12-20)11-14-8-9-18(23-14)17-7-4-10-22(17)16-6-3-2-5-15(16)19/h2-11H/b13-11-. The highest BCUT2D eigenvalue weighted by Crippen LogP contribution is 2.27. The maximum atomic E-state index is 14.0.